The number of para-hydroxylation sites is 1. The summed E-state index contributed by atoms with van der Waals surface area (Å²) in [7, 11) is 3.66. The summed E-state index contributed by atoms with van der Waals surface area (Å²) in [6, 6.07) is 13.2. The van der Waals surface area contributed by atoms with Gasteiger partial charge in [0.05, 0.1) is 28.7 Å². The fraction of sp³-hybridized carbons (Fsp3) is 0.136. The third-order valence-corrected chi connectivity index (χ3v) is 5.49. The molecule has 0 saturated carbocycles. The fourth-order valence-electron chi connectivity index (χ4n) is 4.01. The van der Waals surface area contributed by atoms with Gasteiger partial charge >= 0.3 is 0 Å². The van der Waals surface area contributed by atoms with E-state index in [2.05, 4.69) is 25.3 Å². The van der Waals surface area contributed by atoms with Crippen molar-refractivity contribution in [2.45, 2.75) is 19.4 Å². The van der Waals surface area contributed by atoms with Crippen LogP contribution >= 0.6 is 0 Å². The molecular weight excluding hydrogens is 419 g/mol. The van der Waals surface area contributed by atoms with Crippen LogP contribution < -0.4 is 22.3 Å². The smallest absolute Gasteiger partial charge is 0.269 e. The largest absolute Gasteiger partial charge is 0.358 e. The molecule has 0 saturated heterocycles. The number of nitrogens with one attached hydrogen (secondary N) is 2. The van der Waals surface area contributed by atoms with Crippen LogP contribution in [0.2, 0.25) is 0 Å². The number of aromatic nitrogens is 6. The second-order valence-electron chi connectivity index (χ2n) is 7.82. The van der Waals surface area contributed by atoms with Gasteiger partial charge in [-0.15, -0.1) is 0 Å². The minimum Gasteiger partial charge on any atom is -0.358 e. The number of hydrogen-bond acceptors (Lipinski definition) is 6. The van der Waals surface area contributed by atoms with Crippen molar-refractivity contribution in [2.75, 3.05) is 5.32 Å². The standard InChI is InChI=1S/C22H20B2FN7O/c1-2-13(26-17-16-18(30-21(23)28-16)31-22(24)29-17)19-27-14-10-6-9-12(25)15(14)20(33)32(19)11-7-4-3-5-8-11/h3-10,13H,2,23-24H2,1H3,(H2,26,28,29,30,31)/t13-/m0/s1. The Hall–Kier alpha value is -4.01. The molecule has 1 atom stereocenters. The Morgan fingerprint density at radius 1 is 1.06 bits per heavy atom. The fourth-order valence-corrected chi connectivity index (χ4v) is 4.01. The molecule has 3 aromatic heterocycles. The van der Waals surface area contributed by atoms with Crippen LogP contribution in [0.1, 0.15) is 25.2 Å². The molecular formula is C22H20B2FN7O. The van der Waals surface area contributed by atoms with E-state index in [1.165, 1.54) is 10.6 Å². The first-order valence-electron chi connectivity index (χ1n) is 10.7. The van der Waals surface area contributed by atoms with Gasteiger partial charge in [0.2, 0.25) is 0 Å². The lowest BCUT2D eigenvalue weighted by Gasteiger charge is -2.22. The molecule has 0 aliphatic carbocycles. The Bertz CT molecular complexity index is 1550. The maximum Gasteiger partial charge on any atom is 0.269 e. The van der Waals surface area contributed by atoms with Gasteiger partial charge in [-0.25, -0.2) is 24.3 Å². The summed E-state index contributed by atoms with van der Waals surface area (Å²) in [4.78, 5) is 34.9. The van der Waals surface area contributed by atoms with Gasteiger partial charge in [0, 0.05) is 0 Å². The van der Waals surface area contributed by atoms with Crippen LogP contribution in [0.15, 0.2) is 53.3 Å². The van der Waals surface area contributed by atoms with E-state index in [1.807, 2.05) is 33.0 Å². The molecule has 3 heterocycles. The average molecular weight is 439 g/mol. The highest BCUT2D eigenvalue weighted by Gasteiger charge is 2.23. The number of aromatic amines is 1. The maximum absolute atomic E-state index is 14.6. The second kappa shape index (κ2) is 8.16. The zero-order chi connectivity index (χ0) is 23.1. The Labute approximate surface area is 190 Å². The Kier molecular flexibility index (Phi) is 5.16. The number of hydrogen-bond donors (Lipinski definition) is 2. The van der Waals surface area contributed by atoms with Crippen LogP contribution in [-0.4, -0.2) is 45.2 Å². The average Bonchev–Trinajstić information content (AvgIpc) is 3.17. The van der Waals surface area contributed by atoms with E-state index in [9.17, 15) is 9.18 Å². The normalized spacial score (nSPS) is 12.3. The number of anilines is 1. The van der Waals surface area contributed by atoms with Crippen molar-refractivity contribution >= 4 is 55.0 Å². The molecule has 8 nitrogen and oxygen atoms in total. The van der Waals surface area contributed by atoms with E-state index in [0.717, 1.165) is 5.72 Å². The van der Waals surface area contributed by atoms with Crippen molar-refractivity contribution in [1.29, 1.82) is 0 Å². The molecule has 0 radical (unpaired) electrons. The number of halogens is 1. The zero-order valence-corrected chi connectivity index (χ0v) is 18.4. The first kappa shape index (κ1) is 20.9. The molecule has 5 rings (SSSR count). The van der Waals surface area contributed by atoms with Gasteiger partial charge in [0.15, 0.2) is 27.2 Å². The van der Waals surface area contributed by atoms with Crippen molar-refractivity contribution in [1.82, 2.24) is 29.5 Å². The van der Waals surface area contributed by atoms with Gasteiger partial charge in [0.1, 0.15) is 22.5 Å². The zero-order valence-electron chi connectivity index (χ0n) is 18.4. The van der Waals surface area contributed by atoms with Gasteiger partial charge < -0.3 is 10.3 Å². The number of nitrogens with zero attached hydrogens (tertiary/aromatic N) is 5. The Morgan fingerprint density at radius 2 is 1.85 bits per heavy atom. The van der Waals surface area contributed by atoms with Crippen molar-refractivity contribution in [3.05, 3.63) is 70.5 Å². The van der Waals surface area contributed by atoms with Gasteiger partial charge in [-0.2, -0.15) is 0 Å². The number of H-pyrrole nitrogens is 1. The maximum atomic E-state index is 14.6. The van der Waals surface area contributed by atoms with Gasteiger partial charge in [-0.3, -0.25) is 9.36 Å². The van der Waals surface area contributed by atoms with E-state index in [-0.39, 0.29) is 5.39 Å². The van der Waals surface area contributed by atoms with E-state index >= 15 is 0 Å². The molecule has 2 N–H and O–H groups in total. The topological polar surface area (TPSA) is 101 Å². The van der Waals surface area contributed by atoms with Crippen molar-refractivity contribution in [2.24, 2.45) is 0 Å². The van der Waals surface area contributed by atoms with Crippen LogP contribution in [0.5, 0.6) is 0 Å². The van der Waals surface area contributed by atoms with Crippen LogP contribution in [0.3, 0.4) is 0 Å². The highest BCUT2D eigenvalue weighted by Crippen LogP contribution is 2.26. The number of imidazole rings is 1. The highest BCUT2D eigenvalue weighted by molar-refractivity contribution is 6.31. The summed E-state index contributed by atoms with van der Waals surface area (Å²) >= 11 is 0. The van der Waals surface area contributed by atoms with E-state index in [1.54, 1.807) is 32.1 Å². The van der Waals surface area contributed by atoms with Gasteiger partial charge in [-0.05, 0) is 30.7 Å². The van der Waals surface area contributed by atoms with E-state index in [0.29, 0.717) is 46.2 Å². The number of benzene rings is 2. The summed E-state index contributed by atoms with van der Waals surface area (Å²) in [6.45, 7) is 1.98. The van der Waals surface area contributed by atoms with Crippen molar-refractivity contribution in [3.63, 3.8) is 0 Å². The van der Waals surface area contributed by atoms with Crippen LogP contribution in [0.4, 0.5) is 10.2 Å². The molecule has 0 bridgehead atoms. The molecule has 162 valence electrons. The quantitative estimate of drug-likeness (QED) is 0.382. The SMILES string of the molecule is Bc1nc(N[C@@H](CC)c2nc3cccc(F)c3c(=O)n2-c2ccccc2)c2nc(B)[nH]c2n1. The minimum atomic E-state index is -0.595. The first-order chi connectivity index (χ1) is 16.0. The third kappa shape index (κ3) is 3.65. The lowest BCUT2D eigenvalue weighted by molar-refractivity contribution is 0.630. The second-order valence-corrected chi connectivity index (χ2v) is 7.82. The van der Waals surface area contributed by atoms with Crippen LogP contribution in [0.25, 0.3) is 27.8 Å². The summed E-state index contributed by atoms with van der Waals surface area (Å²) in [5.41, 5.74) is 3.00. The molecule has 0 spiro atoms. The summed E-state index contributed by atoms with van der Waals surface area (Å²) in [5.74, 6) is 0.410. The van der Waals surface area contributed by atoms with Gasteiger partial charge in [-0.1, -0.05) is 31.2 Å². The molecule has 0 aliphatic heterocycles. The molecule has 2 aromatic carbocycles. The Morgan fingerprint density at radius 3 is 2.61 bits per heavy atom. The predicted octanol–water partition coefficient (Wildman–Crippen LogP) is 0.271. The summed E-state index contributed by atoms with van der Waals surface area (Å²) < 4.78 is 16.1. The van der Waals surface area contributed by atoms with E-state index < -0.39 is 17.4 Å². The molecule has 0 unspecified atom stereocenters. The van der Waals surface area contributed by atoms with Gasteiger partial charge in [0.25, 0.3) is 5.56 Å². The highest BCUT2D eigenvalue weighted by atomic mass is 19.1. The van der Waals surface area contributed by atoms with Crippen molar-refractivity contribution in [3.8, 4) is 5.69 Å². The molecule has 11 heteroatoms. The minimum absolute atomic E-state index is 0.0387. The molecule has 5 aromatic rings. The predicted molar refractivity (Wildman–Crippen MR) is 132 cm³/mol. The van der Waals surface area contributed by atoms with Crippen LogP contribution in [-0.2, 0) is 0 Å². The summed E-state index contributed by atoms with van der Waals surface area (Å²) in [6.07, 6.45) is 0.591. The lowest BCUT2D eigenvalue weighted by Crippen LogP contribution is -2.29. The number of fused-ring (bicyclic) bond motifs is 2. The molecule has 0 fully saturated rings. The Balaban J connectivity index is 1.74. The van der Waals surface area contributed by atoms with Crippen LogP contribution in [0, 0.1) is 5.82 Å². The molecule has 0 aliphatic rings. The molecule has 0 amide bonds. The molecule has 33 heavy (non-hydrogen) atoms. The summed E-state index contributed by atoms with van der Waals surface area (Å²) in [5, 5.41) is 3.37. The monoisotopic (exact) mass is 439 g/mol. The van der Waals surface area contributed by atoms with Crippen molar-refractivity contribution < 1.29 is 4.39 Å². The lowest BCUT2D eigenvalue weighted by atomic mass is 10.1. The third-order valence-electron chi connectivity index (χ3n) is 5.49. The number of rotatable bonds is 5. The first-order valence-corrected chi connectivity index (χ1v) is 10.7. The van der Waals surface area contributed by atoms with E-state index in [4.69, 9.17) is 4.98 Å².